The number of alkyl halides is 3. The zero-order chi connectivity index (χ0) is 26.1. The van der Waals surface area contributed by atoms with Crippen LogP contribution in [-0.2, 0) is 16.9 Å². The molecular weight excluding hydrogens is 473 g/mol. The van der Waals surface area contributed by atoms with Crippen LogP contribution in [0.3, 0.4) is 0 Å². The maximum absolute atomic E-state index is 14.5. The van der Waals surface area contributed by atoms with Crippen LogP contribution in [0.2, 0.25) is 0 Å². The molecule has 0 saturated carbocycles. The molecule has 0 amide bonds. The maximum atomic E-state index is 14.5. The fourth-order valence-corrected chi connectivity index (χ4v) is 5.42. The zero-order valence-corrected chi connectivity index (χ0v) is 21.3. The second kappa shape index (κ2) is 12.3. The van der Waals surface area contributed by atoms with Gasteiger partial charge in [0.15, 0.2) is 0 Å². The lowest BCUT2D eigenvalue weighted by atomic mass is 9.72. The molecule has 37 heavy (non-hydrogen) atoms. The molecule has 4 rings (SSSR count). The van der Waals surface area contributed by atoms with Gasteiger partial charge in [0.25, 0.3) is 0 Å². The average Bonchev–Trinajstić information content (AvgIpc) is 3.30. The van der Waals surface area contributed by atoms with Gasteiger partial charge >= 0.3 is 6.18 Å². The van der Waals surface area contributed by atoms with E-state index in [1.165, 1.54) is 4.90 Å². The molecule has 1 aliphatic heterocycles. The van der Waals surface area contributed by atoms with Crippen molar-refractivity contribution in [3.8, 4) is 0 Å². The number of hydrogen-bond donors (Lipinski definition) is 0. The van der Waals surface area contributed by atoms with E-state index in [9.17, 15) is 13.2 Å². The quantitative estimate of drug-likeness (QED) is 0.120. The summed E-state index contributed by atoms with van der Waals surface area (Å²) in [5, 5.41) is 3.74. The van der Waals surface area contributed by atoms with Crippen LogP contribution in [0.4, 0.5) is 13.2 Å². The fourth-order valence-electron chi connectivity index (χ4n) is 5.42. The van der Waals surface area contributed by atoms with E-state index in [0.29, 0.717) is 12.8 Å². The van der Waals surface area contributed by atoms with Crippen LogP contribution in [0.5, 0.6) is 0 Å². The topological polar surface area (TPSA) is 24.8 Å². The number of unbranched alkanes of at least 4 members (excludes halogenated alkanes) is 3. The van der Waals surface area contributed by atoms with Crippen LogP contribution >= 0.6 is 0 Å². The molecule has 3 aromatic carbocycles. The van der Waals surface area contributed by atoms with Crippen LogP contribution in [0.15, 0.2) is 96.2 Å². The van der Waals surface area contributed by atoms with Gasteiger partial charge in [0.05, 0.1) is 0 Å². The van der Waals surface area contributed by atoms with E-state index in [1.807, 2.05) is 91.0 Å². The number of halogens is 3. The summed E-state index contributed by atoms with van der Waals surface area (Å²) in [5.41, 5.74) is 2.24. The Labute approximate surface area is 218 Å². The van der Waals surface area contributed by atoms with E-state index in [-0.39, 0.29) is 19.2 Å². The molecule has 0 bridgehead atoms. The van der Waals surface area contributed by atoms with E-state index in [0.717, 1.165) is 42.4 Å². The Morgan fingerprint density at radius 3 is 1.97 bits per heavy atom. The normalized spacial score (nSPS) is 17.7. The summed E-state index contributed by atoms with van der Waals surface area (Å²) in [7, 11) is 0. The minimum atomic E-state index is -4.64. The Hall–Kier alpha value is -3.28. The van der Waals surface area contributed by atoms with Crippen molar-refractivity contribution in [2.75, 3.05) is 6.54 Å². The van der Waals surface area contributed by atoms with Gasteiger partial charge in [0, 0.05) is 18.0 Å². The fraction of sp³-hybridized carbons (Fsp3) is 0.387. The molecule has 0 aliphatic carbocycles. The molecule has 1 saturated heterocycles. The van der Waals surface area contributed by atoms with Crippen LogP contribution in [0, 0.1) is 0 Å². The molecule has 1 heterocycles. The summed E-state index contributed by atoms with van der Waals surface area (Å²) in [4.78, 5) is 6.79. The van der Waals surface area contributed by atoms with Crippen molar-refractivity contribution in [2.45, 2.75) is 69.7 Å². The SMILES string of the molecule is CCCCCCC1CC(c2ccccc2)(c2ccccc2)CN1/C(=N/OCc1ccccc1)C(F)(F)F. The highest BCUT2D eigenvalue weighted by Gasteiger charge is 2.52. The standard InChI is InChI=1S/C31H35F3N2O/c1-2-3-4-14-21-28-22-30(26-17-10-6-11-18-26,27-19-12-7-13-20-27)24-36(28)29(31(32,33)34)35-37-23-25-15-8-5-9-16-25/h5-13,15-20,28H,2-4,14,21-24H2,1H3/b35-29+. The smallest absolute Gasteiger partial charge is 0.389 e. The number of oxime groups is 1. The molecular formula is C31H35F3N2O. The van der Waals surface area contributed by atoms with Crippen LogP contribution in [0.1, 0.15) is 62.1 Å². The molecule has 6 heteroatoms. The Morgan fingerprint density at radius 1 is 0.865 bits per heavy atom. The first-order valence-corrected chi connectivity index (χ1v) is 13.1. The number of hydrogen-bond acceptors (Lipinski definition) is 2. The first-order valence-electron chi connectivity index (χ1n) is 13.1. The highest BCUT2D eigenvalue weighted by molar-refractivity contribution is 5.88. The van der Waals surface area contributed by atoms with Crippen molar-refractivity contribution in [1.82, 2.24) is 4.90 Å². The highest BCUT2D eigenvalue weighted by Crippen LogP contribution is 2.46. The van der Waals surface area contributed by atoms with Gasteiger partial charge in [0.1, 0.15) is 6.61 Å². The molecule has 0 radical (unpaired) electrons. The van der Waals surface area contributed by atoms with Gasteiger partial charge in [-0.15, -0.1) is 0 Å². The van der Waals surface area contributed by atoms with Gasteiger partial charge in [-0.05, 0) is 29.5 Å². The summed E-state index contributed by atoms with van der Waals surface area (Å²) in [5.74, 6) is -0.947. The Bertz CT molecular complexity index is 1080. The molecule has 1 atom stereocenters. The van der Waals surface area contributed by atoms with Crippen LogP contribution in [0.25, 0.3) is 0 Å². The monoisotopic (exact) mass is 508 g/mol. The molecule has 196 valence electrons. The van der Waals surface area contributed by atoms with Crippen molar-refractivity contribution in [3.05, 3.63) is 108 Å². The molecule has 0 N–H and O–H groups in total. The Morgan fingerprint density at radius 2 is 1.43 bits per heavy atom. The van der Waals surface area contributed by atoms with Crippen molar-refractivity contribution >= 4 is 5.84 Å². The minimum absolute atomic E-state index is 0.0159. The first kappa shape index (κ1) is 26.8. The molecule has 1 aliphatic rings. The van der Waals surface area contributed by atoms with E-state index >= 15 is 0 Å². The van der Waals surface area contributed by atoms with Gasteiger partial charge < -0.3 is 9.74 Å². The van der Waals surface area contributed by atoms with Crippen molar-refractivity contribution < 1.29 is 18.0 Å². The summed E-state index contributed by atoms with van der Waals surface area (Å²) in [6.45, 7) is 2.31. The van der Waals surface area contributed by atoms with Gasteiger partial charge in [-0.1, -0.05) is 129 Å². The van der Waals surface area contributed by atoms with Crippen molar-refractivity contribution in [2.24, 2.45) is 5.16 Å². The first-order chi connectivity index (χ1) is 17.9. The largest absolute Gasteiger partial charge is 0.452 e. The molecule has 3 aromatic rings. The van der Waals surface area contributed by atoms with Crippen molar-refractivity contribution in [1.29, 1.82) is 0 Å². The third-order valence-corrected chi connectivity index (χ3v) is 7.26. The van der Waals surface area contributed by atoms with E-state index in [1.54, 1.807) is 0 Å². The lowest BCUT2D eigenvalue weighted by Gasteiger charge is -2.31. The predicted molar refractivity (Wildman–Crippen MR) is 142 cm³/mol. The van der Waals surface area contributed by atoms with E-state index < -0.39 is 17.4 Å². The third-order valence-electron chi connectivity index (χ3n) is 7.26. The van der Waals surface area contributed by atoms with Crippen LogP contribution in [-0.4, -0.2) is 29.5 Å². The average molecular weight is 509 g/mol. The van der Waals surface area contributed by atoms with E-state index in [4.69, 9.17) is 4.84 Å². The second-order valence-electron chi connectivity index (χ2n) is 9.82. The van der Waals surface area contributed by atoms with Gasteiger partial charge in [-0.25, -0.2) is 0 Å². The zero-order valence-electron chi connectivity index (χ0n) is 21.3. The van der Waals surface area contributed by atoms with E-state index in [2.05, 4.69) is 12.1 Å². The van der Waals surface area contributed by atoms with Gasteiger partial charge in [-0.2, -0.15) is 13.2 Å². The maximum Gasteiger partial charge on any atom is 0.452 e. The minimum Gasteiger partial charge on any atom is -0.389 e. The third kappa shape index (κ3) is 6.54. The number of benzene rings is 3. The summed E-state index contributed by atoms with van der Waals surface area (Å²) in [6.07, 6.45) is 0.667. The molecule has 1 unspecified atom stereocenters. The Kier molecular flexibility index (Phi) is 8.91. The molecule has 3 nitrogen and oxygen atoms in total. The lowest BCUT2D eigenvalue weighted by Crippen LogP contribution is -2.45. The summed E-state index contributed by atoms with van der Waals surface area (Å²) in [6, 6.07) is 28.7. The number of amidine groups is 1. The highest BCUT2D eigenvalue weighted by atomic mass is 19.4. The van der Waals surface area contributed by atoms with Crippen molar-refractivity contribution in [3.63, 3.8) is 0 Å². The number of rotatable bonds is 10. The molecule has 0 aromatic heterocycles. The lowest BCUT2D eigenvalue weighted by molar-refractivity contribution is -0.0744. The summed E-state index contributed by atoms with van der Waals surface area (Å²) >= 11 is 0. The second-order valence-corrected chi connectivity index (χ2v) is 9.82. The van der Waals surface area contributed by atoms with Gasteiger partial charge in [-0.3, -0.25) is 0 Å². The Balaban J connectivity index is 1.71. The summed E-state index contributed by atoms with van der Waals surface area (Å²) < 4.78 is 43.6. The van der Waals surface area contributed by atoms with Crippen LogP contribution < -0.4 is 0 Å². The van der Waals surface area contributed by atoms with Gasteiger partial charge in [0.2, 0.25) is 5.84 Å². The predicted octanol–water partition coefficient (Wildman–Crippen LogP) is 8.11. The number of nitrogens with zero attached hydrogens (tertiary/aromatic N) is 2. The molecule has 1 fully saturated rings. The number of likely N-dealkylation sites (tertiary alicyclic amines) is 1. The molecule has 0 spiro atoms.